The van der Waals surface area contributed by atoms with E-state index in [1.807, 2.05) is 18.2 Å². The highest BCUT2D eigenvalue weighted by atomic mass is 16.5. The summed E-state index contributed by atoms with van der Waals surface area (Å²) in [4.78, 5) is 12.6. The maximum atomic E-state index is 12.6. The highest BCUT2D eigenvalue weighted by Crippen LogP contribution is 2.56. The number of carbonyl (C=O) groups is 1. The molecule has 3 heteroatoms. The third-order valence-corrected chi connectivity index (χ3v) is 4.99. The van der Waals surface area contributed by atoms with E-state index in [2.05, 4.69) is 0 Å². The Morgan fingerprint density at radius 3 is 2.40 bits per heavy atom. The molecule has 0 radical (unpaired) electrons. The highest BCUT2D eigenvalue weighted by Gasteiger charge is 2.54. The molecule has 3 aliphatic rings. The molecule has 1 aromatic carbocycles. The topological polar surface area (TPSA) is 35.5 Å². The molecule has 0 bridgehead atoms. The van der Waals surface area contributed by atoms with Crippen LogP contribution in [0.2, 0.25) is 0 Å². The lowest BCUT2D eigenvalue weighted by Gasteiger charge is -2.08. The molecule has 20 heavy (non-hydrogen) atoms. The van der Waals surface area contributed by atoms with Crippen LogP contribution in [0, 0.1) is 17.8 Å². The fourth-order valence-electron chi connectivity index (χ4n) is 3.89. The van der Waals surface area contributed by atoms with Crippen LogP contribution in [-0.2, 0) is 0 Å². The summed E-state index contributed by atoms with van der Waals surface area (Å²) in [6.07, 6.45) is 5.97. The first-order valence-corrected chi connectivity index (χ1v) is 7.78. The SMILES string of the molecule is O=C(c1ccc2c(c1)OCCCO2)C1C2CCCCC21. The number of carbonyl (C=O) groups excluding carboxylic acids is 1. The number of benzene rings is 1. The molecule has 2 fully saturated rings. The second kappa shape index (κ2) is 4.80. The maximum Gasteiger partial charge on any atom is 0.166 e. The van der Waals surface area contributed by atoms with Gasteiger partial charge >= 0.3 is 0 Å². The van der Waals surface area contributed by atoms with Crippen LogP contribution in [0.4, 0.5) is 0 Å². The van der Waals surface area contributed by atoms with Crippen molar-refractivity contribution in [2.45, 2.75) is 32.1 Å². The van der Waals surface area contributed by atoms with Crippen LogP contribution < -0.4 is 9.47 Å². The molecule has 1 aromatic rings. The molecule has 0 aromatic heterocycles. The molecule has 2 saturated carbocycles. The molecule has 3 nitrogen and oxygen atoms in total. The average Bonchev–Trinajstić information content (AvgIpc) is 3.25. The molecule has 1 aliphatic heterocycles. The molecule has 0 N–H and O–H groups in total. The van der Waals surface area contributed by atoms with E-state index in [0.29, 0.717) is 30.8 Å². The summed E-state index contributed by atoms with van der Waals surface area (Å²) in [5.41, 5.74) is 0.800. The van der Waals surface area contributed by atoms with Crippen molar-refractivity contribution in [1.29, 1.82) is 0 Å². The van der Waals surface area contributed by atoms with Gasteiger partial charge in [0.05, 0.1) is 13.2 Å². The molecule has 0 saturated heterocycles. The third kappa shape index (κ3) is 2.00. The van der Waals surface area contributed by atoms with Gasteiger partial charge in [-0.15, -0.1) is 0 Å². The first kappa shape index (κ1) is 12.2. The zero-order valence-electron chi connectivity index (χ0n) is 11.6. The van der Waals surface area contributed by atoms with Crippen molar-refractivity contribution in [3.63, 3.8) is 0 Å². The Morgan fingerprint density at radius 1 is 0.950 bits per heavy atom. The van der Waals surface area contributed by atoms with Gasteiger partial charge in [0.2, 0.25) is 0 Å². The molecule has 4 rings (SSSR count). The third-order valence-electron chi connectivity index (χ3n) is 4.99. The molecular weight excluding hydrogens is 252 g/mol. The van der Waals surface area contributed by atoms with Gasteiger partial charge in [0.1, 0.15) is 0 Å². The Labute approximate surface area is 119 Å². The number of rotatable bonds is 2. The smallest absolute Gasteiger partial charge is 0.166 e. The second-order valence-electron chi connectivity index (χ2n) is 6.21. The molecule has 0 spiro atoms. The van der Waals surface area contributed by atoms with Crippen molar-refractivity contribution < 1.29 is 14.3 Å². The van der Waals surface area contributed by atoms with Crippen LogP contribution in [0.5, 0.6) is 11.5 Å². The van der Waals surface area contributed by atoms with E-state index < -0.39 is 0 Å². The maximum absolute atomic E-state index is 12.6. The minimum absolute atomic E-state index is 0.280. The predicted molar refractivity (Wildman–Crippen MR) is 75.3 cm³/mol. The van der Waals surface area contributed by atoms with Crippen LogP contribution in [0.25, 0.3) is 0 Å². The fourth-order valence-corrected chi connectivity index (χ4v) is 3.89. The molecule has 2 unspecified atom stereocenters. The summed E-state index contributed by atoms with van der Waals surface area (Å²) in [6.45, 7) is 1.35. The largest absolute Gasteiger partial charge is 0.490 e. The predicted octanol–water partition coefficient (Wildman–Crippen LogP) is 3.47. The van der Waals surface area contributed by atoms with Crippen LogP contribution in [-0.4, -0.2) is 19.0 Å². The summed E-state index contributed by atoms with van der Waals surface area (Å²) in [6, 6.07) is 5.67. The number of Topliss-reactive ketones (excluding diaryl/α,β-unsaturated/α-hetero) is 1. The van der Waals surface area contributed by atoms with E-state index in [4.69, 9.17) is 9.47 Å². The Morgan fingerprint density at radius 2 is 1.65 bits per heavy atom. The van der Waals surface area contributed by atoms with Crippen molar-refractivity contribution in [2.24, 2.45) is 17.8 Å². The van der Waals surface area contributed by atoms with E-state index in [1.54, 1.807) is 0 Å². The van der Waals surface area contributed by atoms with Gasteiger partial charge in [0.25, 0.3) is 0 Å². The summed E-state index contributed by atoms with van der Waals surface area (Å²) in [5, 5.41) is 0. The van der Waals surface area contributed by atoms with Crippen LogP contribution in [0.15, 0.2) is 18.2 Å². The zero-order valence-corrected chi connectivity index (χ0v) is 11.6. The Kier molecular flexibility index (Phi) is 2.94. The van der Waals surface area contributed by atoms with Crippen molar-refractivity contribution in [1.82, 2.24) is 0 Å². The molecular formula is C17H20O3. The monoisotopic (exact) mass is 272 g/mol. The lowest BCUT2D eigenvalue weighted by molar-refractivity contribution is 0.0956. The van der Waals surface area contributed by atoms with Crippen molar-refractivity contribution in [3.8, 4) is 11.5 Å². The molecule has 2 aliphatic carbocycles. The van der Waals surface area contributed by atoms with Gasteiger partial charge in [0, 0.05) is 17.9 Å². The number of fused-ring (bicyclic) bond motifs is 2. The Hall–Kier alpha value is -1.51. The molecule has 0 amide bonds. The van der Waals surface area contributed by atoms with Crippen molar-refractivity contribution in [2.75, 3.05) is 13.2 Å². The van der Waals surface area contributed by atoms with Gasteiger partial charge in [0.15, 0.2) is 17.3 Å². The van der Waals surface area contributed by atoms with Gasteiger partial charge < -0.3 is 9.47 Å². The Bertz CT molecular complexity index is 525. The standard InChI is InChI=1S/C17H20O3/c18-17(16-12-4-1-2-5-13(12)16)11-6-7-14-15(10-11)20-9-3-8-19-14/h6-7,10,12-13,16H,1-5,8-9H2. The zero-order chi connectivity index (χ0) is 13.5. The van der Waals surface area contributed by atoms with E-state index in [-0.39, 0.29) is 5.92 Å². The summed E-state index contributed by atoms with van der Waals surface area (Å²) in [5.74, 6) is 3.42. The van der Waals surface area contributed by atoms with E-state index in [9.17, 15) is 4.79 Å². The van der Waals surface area contributed by atoms with Crippen LogP contribution in [0.3, 0.4) is 0 Å². The van der Waals surface area contributed by atoms with E-state index in [1.165, 1.54) is 25.7 Å². The first-order valence-electron chi connectivity index (χ1n) is 7.78. The number of hydrogen-bond donors (Lipinski definition) is 0. The lowest BCUT2D eigenvalue weighted by Crippen LogP contribution is -2.05. The quantitative estimate of drug-likeness (QED) is 0.773. The van der Waals surface area contributed by atoms with Crippen molar-refractivity contribution >= 4 is 5.78 Å². The van der Waals surface area contributed by atoms with Gasteiger partial charge in [-0.1, -0.05) is 12.8 Å². The van der Waals surface area contributed by atoms with Gasteiger partial charge in [-0.3, -0.25) is 4.79 Å². The van der Waals surface area contributed by atoms with E-state index >= 15 is 0 Å². The van der Waals surface area contributed by atoms with E-state index in [0.717, 1.165) is 23.5 Å². The summed E-state index contributed by atoms with van der Waals surface area (Å²) < 4.78 is 11.3. The van der Waals surface area contributed by atoms with Crippen molar-refractivity contribution in [3.05, 3.63) is 23.8 Å². The lowest BCUT2D eigenvalue weighted by atomic mass is 10.0. The number of ether oxygens (including phenoxy) is 2. The summed E-state index contributed by atoms with van der Waals surface area (Å²) >= 11 is 0. The minimum atomic E-state index is 0.280. The summed E-state index contributed by atoms with van der Waals surface area (Å²) in [7, 11) is 0. The first-order chi connectivity index (χ1) is 9.84. The average molecular weight is 272 g/mol. The molecule has 2 atom stereocenters. The number of ketones is 1. The Balaban J connectivity index is 1.56. The second-order valence-corrected chi connectivity index (χ2v) is 6.21. The van der Waals surface area contributed by atoms with Crippen LogP contribution in [0.1, 0.15) is 42.5 Å². The molecule has 1 heterocycles. The highest BCUT2D eigenvalue weighted by molar-refractivity contribution is 6.00. The normalized spacial score (nSPS) is 31.1. The van der Waals surface area contributed by atoms with Gasteiger partial charge in [-0.25, -0.2) is 0 Å². The fraction of sp³-hybridized carbons (Fsp3) is 0.588. The molecule has 106 valence electrons. The minimum Gasteiger partial charge on any atom is -0.490 e. The van der Waals surface area contributed by atoms with Gasteiger partial charge in [-0.05, 0) is 42.9 Å². The number of hydrogen-bond acceptors (Lipinski definition) is 3. The van der Waals surface area contributed by atoms with Gasteiger partial charge in [-0.2, -0.15) is 0 Å². The van der Waals surface area contributed by atoms with Crippen LogP contribution >= 0.6 is 0 Å².